The number of benzene rings is 1. The van der Waals surface area contributed by atoms with Crippen molar-refractivity contribution in [2.75, 3.05) is 0 Å². The molecule has 1 aromatic carbocycles. The number of hydrogen-bond acceptors (Lipinski definition) is 5. The minimum atomic E-state index is -4.11. The summed E-state index contributed by atoms with van der Waals surface area (Å²) in [6, 6.07) is 6.08. The second kappa shape index (κ2) is 7.77. The number of pyridine rings is 1. The fraction of sp³-hybridized carbons (Fsp3) is 0.286. The van der Waals surface area contributed by atoms with Crippen LogP contribution in [0.5, 0.6) is 0 Å². The Morgan fingerprint density at radius 3 is 2.46 bits per heavy atom. The molecule has 6 nitrogen and oxygen atoms in total. The summed E-state index contributed by atoms with van der Waals surface area (Å²) >= 11 is 0. The van der Waals surface area contributed by atoms with Crippen LogP contribution in [-0.4, -0.2) is 25.0 Å². The van der Waals surface area contributed by atoms with Gasteiger partial charge in [0.25, 0.3) is 0 Å². The molecule has 2 aromatic rings. The number of primary sulfonamides is 1. The maximum Gasteiger partial charge on any atom is 0.238 e. The van der Waals surface area contributed by atoms with Crippen molar-refractivity contribution < 1.29 is 18.0 Å². The van der Waals surface area contributed by atoms with Crippen molar-refractivity contribution in [2.24, 2.45) is 5.14 Å². The van der Waals surface area contributed by atoms with Crippen molar-refractivity contribution in [2.45, 2.75) is 43.9 Å². The van der Waals surface area contributed by atoms with Crippen molar-refractivity contribution in [1.29, 1.82) is 0 Å². The van der Waals surface area contributed by atoms with Gasteiger partial charge < -0.3 is 0 Å². The molecule has 1 aliphatic carbocycles. The normalized spacial score (nSPS) is 14.2. The van der Waals surface area contributed by atoms with Crippen molar-refractivity contribution in [1.82, 2.24) is 4.98 Å². The number of carbonyl (C=O) groups is 2. The summed E-state index contributed by atoms with van der Waals surface area (Å²) in [5, 5.41) is 5.21. The van der Waals surface area contributed by atoms with Crippen LogP contribution in [0.25, 0.3) is 0 Å². The second-order valence-electron chi connectivity index (χ2n) is 6.85. The zero-order chi connectivity index (χ0) is 20.5. The van der Waals surface area contributed by atoms with Gasteiger partial charge in [0.05, 0.1) is 10.5 Å². The topological polar surface area (TPSA) is 107 Å². The molecule has 0 spiro atoms. The van der Waals surface area contributed by atoms with E-state index < -0.39 is 15.8 Å². The predicted octanol–water partition coefficient (Wildman–Crippen LogP) is 3.18. The Labute approximate surface area is 164 Å². The fourth-order valence-electron chi connectivity index (χ4n) is 3.73. The van der Waals surface area contributed by atoms with Gasteiger partial charge in [0, 0.05) is 30.0 Å². The van der Waals surface area contributed by atoms with E-state index in [1.807, 2.05) is 6.07 Å². The van der Waals surface area contributed by atoms with Crippen LogP contribution < -0.4 is 5.14 Å². The summed E-state index contributed by atoms with van der Waals surface area (Å²) in [6.07, 6.45) is 6.86. The first kappa shape index (κ1) is 20.1. The molecule has 7 heteroatoms. The zero-order valence-corrected chi connectivity index (χ0v) is 16.6. The summed E-state index contributed by atoms with van der Waals surface area (Å²) in [5.74, 6) is -0.545. The highest BCUT2D eigenvalue weighted by Crippen LogP contribution is 2.31. The largest absolute Gasteiger partial charge is 0.289 e. The third-order valence-corrected chi connectivity index (χ3v) is 6.12. The molecule has 0 saturated carbocycles. The molecule has 28 heavy (non-hydrogen) atoms. The highest BCUT2D eigenvalue weighted by Gasteiger charge is 2.31. The molecule has 0 saturated heterocycles. The third-order valence-electron chi connectivity index (χ3n) is 5.17. The highest BCUT2D eigenvalue weighted by atomic mass is 32.2. The smallest absolute Gasteiger partial charge is 0.238 e. The number of hydrogen-bond donors (Lipinski definition) is 1. The monoisotopic (exact) mass is 398 g/mol. The number of aromatic nitrogens is 1. The Balaban J connectivity index is 2.04. The number of fused-ring (bicyclic) bond motifs is 1. The van der Waals surface area contributed by atoms with Gasteiger partial charge in [-0.05, 0) is 48.1 Å². The maximum atomic E-state index is 13.0. The van der Waals surface area contributed by atoms with Crippen molar-refractivity contribution in [3.05, 3.63) is 70.6 Å². The van der Waals surface area contributed by atoms with Gasteiger partial charge in [-0.2, -0.15) is 0 Å². The summed E-state index contributed by atoms with van der Waals surface area (Å²) < 4.78 is 23.6. The molecule has 0 amide bonds. The van der Waals surface area contributed by atoms with Crippen LogP contribution in [0.15, 0.2) is 53.2 Å². The zero-order valence-electron chi connectivity index (χ0n) is 15.8. The first-order valence-corrected chi connectivity index (χ1v) is 10.7. The number of nitrogens with two attached hydrogens (primary N) is 1. The lowest BCUT2D eigenvalue weighted by molar-refractivity contribution is 0.0980. The van der Waals surface area contributed by atoms with Crippen LogP contribution in [-0.2, 0) is 16.4 Å². The molecule has 1 aromatic heterocycles. The number of nitrogens with zero attached hydrogens (tertiary/aromatic N) is 1. The lowest BCUT2D eigenvalue weighted by Crippen LogP contribution is -2.24. The average Bonchev–Trinajstić information content (AvgIpc) is 2.67. The highest BCUT2D eigenvalue weighted by molar-refractivity contribution is 7.89. The number of rotatable bonds is 6. The number of carbonyl (C=O) groups excluding carboxylic acids is 2. The summed E-state index contributed by atoms with van der Waals surface area (Å²) in [6.45, 7) is 4.22. The molecule has 3 rings (SSSR count). The van der Waals surface area contributed by atoms with Crippen molar-refractivity contribution in [3.63, 3.8) is 0 Å². The fourth-order valence-corrected chi connectivity index (χ4v) is 4.49. The molecule has 2 N–H and O–H groups in total. The molecule has 0 bridgehead atoms. The van der Waals surface area contributed by atoms with E-state index in [0.29, 0.717) is 11.5 Å². The number of Topliss-reactive ketones (excluding diaryl/α,β-unsaturated/α-hetero) is 1. The Bertz CT molecular complexity index is 1080. The molecule has 0 aliphatic heterocycles. The van der Waals surface area contributed by atoms with Gasteiger partial charge in [-0.15, -0.1) is 0 Å². The molecular weight excluding hydrogens is 376 g/mol. The molecule has 0 unspecified atom stereocenters. The van der Waals surface area contributed by atoms with E-state index in [1.165, 1.54) is 24.3 Å². The van der Waals surface area contributed by atoms with Crippen LogP contribution in [0.3, 0.4) is 0 Å². The molecule has 1 heterocycles. The number of ketones is 2. The van der Waals surface area contributed by atoms with Gasteiger partial charge in [0.15, 0.2) is 11.6 Å². The van der Waals surface area contributed by atoms with Crippen LogP contribution in [0.2, 0.25) is 0 Å². The molecule has 0 fully saturated rings. The lowest BCUT2D eigenvalue weighted by Gasteiger charge is -2.20. The van der Waals surface area contributed by atoms with E-state index in [4.69, 9.17) is 5.14 Å². The Kier molecular flexibility index (Phi) is 5.58. The number of allylic oxidation sites excluding steroid dienone is 2. The average molecular weight is 398 g/mol. The third kappa shape index (κ3) is 3.68. The van der Waals surface area contributed by atoms with Crippen LogP contribution in [0.4, 0.5) is 0 Å². The second-order valence-corrected chi connectivity index (χ2v) is 8.38. The van der Waals surface area contributed by atoms with E-state index in [-0.39, 0.29) is 28.2 Å². The molecule has 146 valence electrons. The molecular formula is C21H22N2O4S. The van der Waals surface area contributed by atoms with Crippen molar-refractivity contribution >= 4 is 21.6 Å². The summed E-state index contributed by atoms with van der Waals surface area (Å²) in [4.78, 5) is 29.5. The Hall–Kier alpha value is -2.64. The maximum absolute atomic E-state index is 13.0. The van der Waals surface area contributed by atoms with E-state index >= 15 is 0 Å². The predicted molar refractivity (Wildman–Crippen MR) is 106 cm³/mol. The van der Waals surface area contributed by atoms with Gasteiger partial charge in [0.2, 0.25) is 10.0 Å². The minimum Gasteiger partial charge on any atom is -0.289 e. The molecule has 0 radical (unpaired) electrons. The minimum absolute atomic E-state index is 0.0713. The standard InChI is InChI=1S/C21H22N2O4S/c1-3-13(4-2)16-8-9-23-12-15(16)10-14-11-18(24)20-17(21(14)25)6-5-7-19(20)28(22,26)27/h5-9,11-13H,3-4,10H2,1-2H3,(H2,22,26,27). The van der Waals surface area contributed by atoms with E-state index in [9.17, 15) is 18.0 Å². The van der Waals surface area contributed by atoms with Gasteiger partial charge in [0.1, 0.15) is 0 Å². The number of sulfonamides is 1. The van der Waals surface area contributed by atoms with Gasteiger partial charge in [-0.25, -0.2) is 13.6 Å². The summed E-state index contributed by atoms with van der Waals surface area (Å²) in [5.41, 5.74) is 2.26. The SMILES string of the molecule is CCC(CC)c1ccncc1CC1=CC(=O)c2c(cccc2S(N)(=O)=O)C1=O. The van der Waals surface area contributed by atoms with Gasteiger partial charge in [-0.1, -0.05) is 26.0 Å². The first-order valence-electron chi connectivity index (χ1n) is 9.16. The van der Waals surface area contributed by atoms with E-state index in [0.717, 1.165) is 24.0 Å². The Morgan fingerprint density at radius 1 is 1.11 bits per heavy atom. The summed E-state index contributed by atoms with van der Waals surface area (Å²) in [7, 11) is -4.11. The van der Waals surface area contributed by atoms with Crippen LogP contribution in [0, 0.1) is 0 Å². The quantitative estimate of drug-likeness (QED) is 0.804. The molecule has 1 aliphatic rings. The van der Waals surface area contributed by atoms with Crippen molar-refractivity contribution in [3.8, 4) is 0 Å². The van der Waals surface area contributed by atoms with E-state index in [1.54, 1.807) is 12.4 Å². The van der Waals surface area contributed by atoms with Gasteiger partial charge >= 0.3 is 0 Å². The van der Waals surface area contributed by atoms with Crippen LogP contribution >= 0.6 is 0 Å². The van der Waals surface area contributed by atoms with Gasteiger partial charge in [-0.3, -0.25) is 14.6 Å². The Morgan fingerprint density at radius 2 is 1.82 bits per heavy atom. The van der Waals surface area contributed by atoms with E-state index in [2.05, 4.69) is 18.8 Å². The molecule has 0 atom stereocenters. The van der Waals surface area contributed by atoms with Crippen LogP contribution in [0.1, 0.15) is 64.4 Å². The first-order chi connectivity index (χ1) is 13.3. The lowest BCUT2D eigenvalue weighted by atomic mass is 9.84.